The van der Waals surface area contributed by atoms with Crippen molar-refractivity contribution in [3.05, 3.63) is 48.0 Å². The van der Waals surface area contributed by atoms with E-state index < -0.39 is 0 Å². The Hall–Kier alpha value is -3.09. The first-order valence-electron chi connectivity index (χ1n) is 9.44. The van der Waals surface area contributed by atoms with Gasteiger partial charge in [0, 0.05) is 44.0 Å². The Bertz CT molecular complexity index is 983. The molecule has 1 aliphatic heterocycles. The molecule has 1 aliphatic rings. The number of aromatic nitrogens is 2. The molecular formula is C21H24N4O3. The molecule has 0 radical (unpaired) electrons. The van der Waals surface area contributed by atoms with Gasteiger partial charge in [0.2, 0.25) is 5.95 Å². The van der Waals surface area contributed by atoms with Crippen LogP contribution in [0.4, 0.5) is 5.95 Å². The van der Waals surface area contributed by atoms with Gasteiger partial charge in [-0.3, -0.25) is 4.79 Å². The molecule has 28 heavy (non-hydrogen) atoms. The smallest absolute Gasteiger partial charge is 0.289 e. The minimum atomic E-state index is -0.0961. The van der Waals surface area contributed by atoms with E-state index in [2.05, 4.69) is 14.9 Å². The lowest BCUT2D eigenvalue weighted by Crippen LogP contribution is -2.49. The highest BCUT2D eigenvalue weighted by Crippen LogP contribution is 2.29. The van der Waals surface area contributed by atoms with Crippen LogP contribution in [0.5, 0.6) is 5.75 Å². The molecule has 1 unspecified atom stereocenters. The van der Waals surface area contributed by atoms with Crippen molar-refractivity contribution in [1.29, 1.82) is 0 Å². The van der Waals surface area contributed by atoms with Gasteiger partial charge in [-0.15, -0.1) is 0 Å². The predicted octanol–water partition coefficient (Wildman–Crippen LogP) is 3.28. The zero-order chi connectivity index (χ0) is 19.7. The van der Waals surface area contributed by atoms with Crippen molar-refractivity contribution in [1.82, 2.24) is 14.9 Å². The summed E-state index contributed by atoms with van der Waals surface area (Å²) in [6.45, 7) is 3.29. The predicted molar refractivity (Wildman–Crippen MR) is 107 cm³/mol. The Labute approximate surface area is 163 Å². The monoisotopic (exact) mass is 380 g/mol. The Morgan fingerprint density at radius 2 is 2.11 bits per heavy atom. The van der Waals surface area contributed by atoms with Crippen molar-refractivity contribution in [2.45, 2.75) is 25.8 Å². The van der Waals surface area contributed by atoms with Crippen molar-refractivity contribution in [3.63, 3.8) is 0 Å². The van der Waals surface area contributed by atoms with E-state index in [0.717, 1.165) is 23.8 Å². The number of para-hydroxylation sites is 1. The number of amides is 1. The summed E-state index contributed by atoms with van der Waals surface area (Å²) in [7, 11) is 3.58. The fourth-order valence-corrected chi connectivity index (χ4v) is 3.64. The number of hydrogen-bond acceptors (Lipinski definition) is 6. The number of aryl methyl sites for hydroxylation is 1. The van der Waals surface area contributed by atoms with Crippen LogP contribution in [0, 0.1) is 6.92 Å². The van der Waals surface area contributed by atoms with Crippen molar-refractivity contribution < 1.29 is 13.9 Å². The molecule has 7 heteroatoms. The fourth-order valence-electron chi connectivity index (χ4n) is 3.64. The number of piperidine rings is 1. The maximum atomic E-state index is 13.1. The second-order valence-electron chi connectivity index (χ2n) is 7.21. The van der Waals surface area contributed by atoms with Gasteiger partial charge in [-0.2, -0.15) is 0 Å². The minimum absolute atomic E-state index is 0.0961. The second kappa shape index (κ2) is 7.50. The first kappa shape index (κ1) is 18.3. The number of rotatable bonds is 4. The second-order valence-corrected chi connectivity index (χ2v) is 7.21. The van der Waals surface area contributed by atoms with Crippen LogP contribution in [-0.4, -0.2) is 54.1 Å². The topological polar surface area (TPSA) is 71.7 Å². The number of furan rings is 1. The SMILES string of the molecule is COc1cccc2cc(C(=O)N3CCCC(N(C)c4ncc(C)cn4)C3)oc12. The van der Waals surface area contributed by atoms with Crippen molar-refractivity contribution in [2.24, 2.45) is 0 Å². The highest BCUT2D eigenvalue weighted by atomic mass is 16.5. The maximum Gasteiger partial charge on any atom is 0.289 e. The third-order valence-electron chi connectivity index (χ3n) is 5.25. The van der Waals surface area contributed by atoms with Crippen LogP contribution in [0.3, 0.4) is 0 Å². The summed E-state index contributed by atoms with van der Waals surface area (Å²) < 4.78 is 11.2. The van der Waals surface area contributed by atoms with E-state index in [1.807, 2.05) is 49.5 Å². The molecule has 3 aromatic rings. The molecule has 0 saturated carbocycles. The molecule has 0 aliphatic carbocycles. The van der Waals surface area contributed by atoms with Gasteiger partial charge in [0.1, 0.15) is 0 Å². The van der Waals surface area contributed by atoms with Gasteiger partial charge in [0.05, 0.1) is 7.11 Å². The Kier molecular flexibility index (Phi) is 4.90. The van der Waals surface area contributed by atoms with Crippen LogP contribution in [-0.2, 0) is 0 Å². The number of anilines is 1. The van der Waals surface area contributed by atoms with E-state index >= 15 is 0 Å². The molecule has 3 heterocycles. The molecule has 4 rings (SSSR count). The molecular weight excluding hydrogens is 356 g/mol. The number of methoxy groups -OCH3 is 1. The van der Waals surface area contributed by atoms with Gasteiger partial charge in [0.25, 0.3) is 5.91 Å². The summed E-state index contributed by atoms with van der Waals surface area (Å²) in [4.78, 5) is 25.8. The normalized spacial score (nSPS) is 17.0. The van der Waals surface area contributed by atoms with E-state index in [9.17, 15) is 4.79 Å². The van der Waals surface area contributed by atoms with Crippen LogP contribution < -0.4 is 9.64 Å². The fraction of sp³-hybridized carbons (Fsp3) is 0.381. The number of likely N-dealkylation sites (N-methyl/N-ethyl adjacent to an activating group) is 1. The van der Waals surface area contributed by atoms with Gasteiger partial charge in [-0.25, -0.2) is 9.97 Å². The number of carbonyl (C=O) groups excluding carboxylic acids is 1. The number of benzene rings is 1. The highest BCUT2D eigenvalue weighted by molar-refractivity contribution is 5.97. The molecule has 0 N–H and O–H groups in total. The third-order valence-corrected chi connectivity index (χ3v) is 5.25. The highest BCUT2D eigenvalue weighted by Gasteiger charge is 2.29. The lowest BCUT2D eigenvalue weighted by atomic mass is 10.0. The molecule has 1 amide bonds. The first-order valence-corrected chi connectivity index (χ1v) is 9.44. The van der Waals surface area contributed by atoms with Crippen LogP contribution >= 0.6 is 0 Å². The summed E-state index contributed by atoms with van der Waals surface area (Å²) in [5, 5.41) is 0.862. The van der Waals surface area contributed by atoms with Gasteiger partial charge in [0.15, 0.2) is 17.1 Å². The van der Waals surface area contributed by atoms with Crippen molar-refractivity contribution >= 4 is 22.8 Å². The standard InChI is InChI=1S/C21H24N4O3/c1-14-11-22-21(23-12-14)24(2)16-7-5-9-25(13-16)20(26)18-10-15-6-4-8-17(27-3)19(15)28-18/h4,6,8,10-12,16H,5,7,9,13H2,1-3H3. The molecule has 0 bridgehead atoms. The summed E-state index contributed by atoms with van der Waals surface area (Å²) in [5.41, 5.74) is 1.63. The quantitative estimate of drug-likeness (QED) is 0.692. The lowest BCUT2D eigenvalue weighted by Gasteiger charge is -2.37. The zero-order valence-corrected chi connectivity index (χ0v) is 16.4. The number of likely N-dealkylation sites (tertiary alicyclic amines) is 1. The van der Waals surface area contributed by atoms with Crippen molar-refractivity contribution in [3.8, 4) is 5.75 Å². The summed E-state index contributed by atoms with van der Waals surface area (Å²) in [5.74, 6) is 1.55. The maximum absolute atomic E-state index is 13.1. The summed E-state index contributed by atoms with van der Waals surface area (Å²) in [6, 6.07) is 7.58. The van der Waals surface area contributed by atoms with Crippen molar-refractivity contribution in [2.75, 3.05) is 32.1 Å². The molecule has 7 nitrogen and oxygen atoms in total. The zero-order valence-electron chi connectivity index (χ0n) is 16.4. The molecule has 146 valence electrons. The first-order chi connectivity index (χ1) is 13.6. The number of ether oxygens (including phenoxy) is 1. The molecule has 1 fully saturated rings. The van der Waals surface area contributed by atoms with Gasteiger partial charge >= 0.3 is 0 Å². The Morgan fingerprint density at radius 3 is 2.86 bits per heavy atom. The average molecular weight is 380 g/mol. The van der Waals surface area contributed by atoms with Crippen LogP contribution in [0.1, 0.15) is 29.0 Å². The molecule has 1 atom stereocenters. The Morgan fingerprint density at radius 1 is 1.32 bits per heavy atom. The van der Waals surface area contributed by atoms with E-state index in [-0.39, 0.29) is 11.9 Å². The van der Waals surface area contributed by atoms with Gasteiger partial charge < -0.3 is 19.0 Å². The molecule has 1 saturated heterocycles. The van der Waals surface area contributed by atoms with E-state index in [0.29, 0.717) is 36.1 Å². The van der Waals surface area contributed by atoms with Gasteiger partial charge in [-0.05, 0) is 37.5 Å². The molecule has 1 aromatic carbocycles. The number of hydrogen-bond donors (Lipinski definition) is 0. The number of nitrogens with zero attached hydrogens (tertiary/aromatic N) is 4. The van der Waals surface area contributed by atoms with Crippen LogP contribution in [0.2, 0.25) is 0 Å². The lowest BCUT2D eigenvalue weighted by molar-refractivity contribution is 0.0677. The third kappa shape index (κ3) is 3.40. The number of fused-ring (bicyclic) bond motifs is 1. The number of carbonyl (C=O) groups is 1. The minimum Gasteiger partial charge on any atom is -0.493 e. The molecule has 0 spiro atoms. The average Bonchev–Trinajstić information content (AvgIpc) is 3.17. The van der Waals surface area contributed by atoms with E-state index in [1.165, 1.54) is 0 Å². The summed E-state index contributed by atoms with van der Waals surface area (Å²) >= 11 is 0. The van der Waals surface area contributed by atoms with Crippen LogP contribution in [0.25, 0.3) is 11.0 Å². The Balaban J connectivity index is 1.52. The van der Waals surface area contributed by atoms with Crippen LogP contribution in [0.15, 0.2) is 41.1 Å². The summed E-state index contributed by atoms with van der Waals surface area (Å²) in [6.07, 6.45) is 5.54. The van der Waals surface area contributed by atoms with E-state index in [1.54, 1.807) is 13.2 Å². The largest absolute Gasteiger partial charge is 0.493 e. The van der Waals surface area contributed by atoms with E-state index in [4.69, 9.17) is 9.15 Å². The molecule has 2 aromatic heterocycles. The van der Waals surface area contributed by atoms with Gasteiger partial charge in [-0.1, -0.05) is 12.1 Å².